The summed E-state index contributed by atoms with van der Waals surface area (Å²) in [5.74, 6) is 0. The zero-order chi connectivity index (χ0) is 5.70. The Morgan fingerprint density at radius 1 is 1.29 bits per heavy atom. The van der Waals surface area contributed by atoms with Crippen LogP contribution in [0.3, 0.4) is 0 Å². The SMILES string of the molecule is O=CC(C=O)=CF. The molecule has 2 nitrogen and oxygen atoms in total. The van der Waals surface area contributed by atoms with Gasteiger partial charge in [-0.25, -0.2) is 4.39 Å². The van der Waals surface area contributed by atoms with Crippen LogP contribution in [0.15, 0.2) is 11.9 Å². The number of hydrogen-bond acceptors (Lipinski definition) is 2. The molecular formula is C4H3FO2. The van der Waals surface area contributed by atoms with Gasteiger partial charge in [0.1, 0.15) is 6.33 Å². The van der Waals surface area contributed by atoms with E-state index in [0.717, 1.165) is 0 Å². The molecule has 0 heterocycles. The molecule has 0 amide bonds. The number of aldehydes is 2. The van der Waals surface area contributed by atoms with Crippen molar-refractivity contribution >= 4 is 12.6 Å². The zero-order valence-electron chi connectivity index (χ0n) is 3.43. The molecule has 0 saturated carbocycles. The van der Waals surface area contributed by atoms with Crippen molar-refractivity contribution in [3.63, 3.8) is 0 Å². The summed E-state index contributed by atoms with van der Waals surface area (Å²) in [6, 6.07) is 0. The third kappa shape index (κ3) is 1.81. The van der Waals surface area contributed by atoms with E-state index in [1.54, 1.807) is 0 Å². The minimum Gasteiger partial charge on any atom is -0.298 e. The molecule has 0 atom stereocenters. The highest BCUT2D eigenvalue weighted by atomic mass is 19.1. The lowest BCUT2D eigenvalue weighted by Crippen LogP contribution is -1.81. The van der Waals surface area contributed by atoms with Gasteiger partial charge in [0.05, 0.1) is 5.57 Å². The smallest absolute Gasteiger partial charge is 0.155 e. The number of carbonyl (C=O) groups is 2. The van der Waals surface area contributed by atoms with Crippen LogP contribution in [0.4, 0.5) is 4.39 Å². The number of allylic oxidation sites excluding steroid dienone is 1. The minimum atomic E-state index is -0.472. The van der Waals surface area contributed by atoms with Crippen LogP contribution in [0, 0.1) is 0 Å². The third-order valence-electron chi connectivity index (χ3n) is 0.398. The van der Waals surface area contributed by atoms with Gasteiger partial charge in [0, 0.05) is 0 Å². The first-order valence-corrected chi connectivity index (χ1v) is 1.56. The lowest BCUT2D eigenvalue weighted by atomic mass is 10.4. The fraction of sp³-hybridized carbons (Fsp3) is 0. The molecule has 0 radical (unpaired) electrons. The maximum Gasteiger partial charge on any atom is 0.155 e. The Kier molecular flexibility index (Phi) is 2.76. The topological polar surface area (TPSA) is 34.1 Å². The van der Waals surface area contributed by atoms with Gasteiger partial charge in [-0.3, -0.25) is 9.59 Å². The van der Waals surface area contributed by atoms with E-state index in [0.29, 0.717) is 0 Å². The van der Waals surface area contributed by atoms with Crippen LogP contribution >= 0.6 is 0 Å². The molecule has 0 fully saturated rings. The number of carbonyl (C=O) groups excluding carboxylic acids is 2. The van der Waals surface area contributed by atoms with Crippen LogP contribution in [0.25, 0.3) is 0 Å². The van der Waals surface area contributed by atoms with Crippen LogP contribution < -0.4 is 0 Å². The Hall–Kier alpha value is -0.990. The summed E-state index contributed by atoms with van der Waals surface area (Å²) in [6.45, 7) is 0. The lowest BCUT2D eigenvalue weighted by molar-refractivity contribution is -0.109. The molecule has 0 N–H and O–H groups in total. The molecule has 0 aliphatic rings. The molecular weight excluding hydrogens is 99.0 g/mol. The summed E-state index contributed by atoms with van der Waals surface area (Å²) in [5.41, 5.74) is -0.472. The van der Waals surface area contributed by atoms with Crippen molar-refractivity contribution in [1.82, 2.24) is 0 Å². The molecule has 0 rings (SSSR count). The van der Waals surface area contributed by atoms with E-state index in [4.69, 9.17) is 0 Å². The van der Waals surface area contributed by atoms with Gasteiger partial charge in [0.25, 0.3) is 0 Å². The van der Waals surface area contributed by atoms with Gasteiger partial charge < -0.3 is 0 Å². The minimum absolute atomic E-state index is 0.0417. The third-order valence-corrected chi connectivity index (χ3v) is 0.398. The zero-order valence-corrected chi connectivity index (χ0v) is 3.43. The molecule has 0 aromatic heterocycles. The van der Waals surface area contributed by atoms with Gasteiger partial charge in [0.15, 0.2) is 12.6 Å². The lowest BCUT2D eigenvalue weighted by Gasteiger charge is -1.70. The quantitative estimate of drug-likeness (QED) is 0.216. The van der Waals surface area contributed by atoms with Crippen LogP contribution in [0.5, 0.6) is 0 Å². The van der Waals surface area contributed by atoms with Gasteiger partial charge in [-0.1, -0.05) is 0 Å². The van der Waals surface area contributed by atoms with Crippen molar-refractivity contribution < 1.29 is 14.0 Å². The second-order valence-corrected chi connectivity index (χ2v) is 0.845. The van der Waals surface area contributed by atoms with Crippen LogP contribution in [0.2, 0.25) is 0 Å². The number of halogens is 1. The highest BCUT2D eigenvalue weighted by Crippen LogP contribution is 1.80. The van der Waals surface area contributed by atoms with Crippen molar-refractivity contribution in [3.8, 4) is 0 Å². The highest BCUT2D eigenvalue weighted by Gasteiger charge is 1.85. The van der Waals surface area contributed by atoms with Crippen LogP contribution in [-0.4, -0.2) is 12.6 Å². The molecule has 38 valence electrons. The normalized spacial score (nSPS) is 7.00. The maximum atomic E-state index is 11.0. The average Bonchev–Trinajstić information content (AvgIpc) is 1.72. The predicted molar refractivity (Wildman–Crippen MR) is 21.3 cm³/mol. The molecule has 0 saturated heterocycles. The maximum absolute atomic E-state index is 11.0. The van der Waals surface area contributed by atoms with Gasteiger partial charge >= 0.3 is 0 Å². The van der Waals surface area contributed by atoms with Crippen LogP contribution in [-0.2, 0) is 9.59 Å². The van der Waals surface area contributed by atoms with Gasteiger partial charge in [-0.15, -0.1) is 0 Å². The van der Waals surface area contributed by atoms with Crippen molar-refractivity contribution in [2.75, 3.05) is 0 Å². The number of rotatable bonds is 2. The van der Waals surface area contributed by atoms with E-state index in [1.807, 2.05) is 0 Å². The van der Waals surface area contributed by atoms with E-state index >= 15 is 0 Å². The Bertz CT molecular complexity index is 96.3. The van der Waals surface area contributed by atoms with Crippen molar-refractivity contribution in [1.29, 1.82) is 0 Å². The molecule has 0 bridgehead atoms. The summed E-state index contributed by atoms with van der Waals surface area (Å²) >= 11 is 0. The molecule has 0 aliphatic heterocycles. The van der Waals surface area contributed by atoms with Crippen LogP contribution in [0.1, 0.15) is 0 Å². The Labute approximate surface area is 39.6 Å². The molecule has 3 heteroatoms. The first-order valence-electron chi connectivity index (χ1n) is 1.56. The summed E-state index contributed by atoms with van der Waals surface area (Å²) in [4.78, 5) is 18.9. The molecule has 7 heavy (non-hydrogen) atoms. The molecule has 0 aromatic rings. The number of hydrogen-bond donors (Lipinski definition) is 0. The monoisotopic (exact) mass is 102 g/mol. The van der Waals surface area contributed by atoms with Crippen molar-refractivity contribution in [3.05, 3.63) is 11.9 Å². The summed E-state index contributed by atoms with van der Waals surface area (Å²) in [6.07, 6.45) is 0.250. The molecule has 0 spiro atoms. The molecule has 0 aromatic carbocycles. The fourth-order valence-electron chi connectivity index (χ4n) is 0.0792. The fourth-order valence-corrected chi connectivity index (χ4v) is 0.0792. The van der Waals surface area contributed by atoms with Gasteiger partial charge in [-0.2, -0.15) is 0 Å². The Morgan fingerprint density at radius 3 is 1.71 bits per heavy atom. The Balaban J connectivity index is 3.85. The second kappa shape index (κ2) is 3.21. The van der Waals surface area contributed by atoms with E-state index in [9.17, 15) is 14.0 Å². The average molecular weight is 102 g/mol. The van der Waals surface area contributed by atoms with E-state index in [2.05, 4.69) is 0 Å². The van der Waals surface area contributed by atoms with Crippen molar-refractivity contribution in [2.45, 2.75) is 0 Å². The van der Waals surface area contributed by atoms with E-state index in [-0.39, 0.29) is 18.9 Å². The molecule has 0 aliphatic carbocycles. The summed E-state index contributed by atoms with van der Waals surface area (Å²) < 4.78 is 11.0. The van der Waals surface area contributed by atoms with Gasteiger partial charge in [0.2, 0.25) is 0 Å². The highest BCUT2D eigenvalue weighted by molar-refractivity contribution is 5.98. The van der Waals surface area contributed by atoms with Crippen molar-refractivity contribution in [2.24, 2.45) is 0 Å². The first-order chi connectivity index (χ1) is 3.35. The molecule has 0 unspecified atom stereocenters. The summed E-state index contributed by atoms with van der Waals surface area (Å²) in [7, 11) is 0. The summed E-state index contributed by atoms with van der Waals surface area (Å²) in [5, 5.41) is 0. The standard InChI is InChI=1S/C4H3FO2/c5-1-4(2-6)3-7/h1-3H. The Morgan fingerprint density at radius 2 is 1.71 bits per heavy atom. The largest absolute Gasteiger partial charge is 0.298 e. The van der Waals surface area contributed by atoms with E-state index in [1.165, 1.54) is 0 Å². The predicted octanol–water partition coefficient (Wildman–Crippen LogP) is 0.238. The van der Waals surface area contributed by atoms with Gasteiger partial charge in [-0.05, 0) is 0 Å². The van der Waals surface area contributed by atoms with E-state index < -0.39 is 5.57 Å². The first kappa shape index (κ1) is 6.01. The second-order valence-electron chi connectivity index (χ2n) is 0.845.